The van der Waals surface area contributed by atoms with Gasteiger partial charge in [-0.2, -0.15) is 0 Å². The third kappa shape index (κ3) is 2.92. The smallest absolute Gasteiger partial charge is 0.0518 e. The number of benzene rings is 2. The van der Waals surface area contributed by atoms with E-state index in [1.807, 2.05) is 14.1 Å². The molecule has 0 fully saturated rings. The van der Waals surface area contributed by atoms with Crippen LogP contribution in [0.4, 0.5) is 0 Å². The average molecular weight is 268 g/mol. The fourth-order valence-electron chi connectivity index (χ4n) is 2.87. The molecule has 0 aliphatic rings. The van der Waals surface area contributed by atoms with Gasteiger partial charge in [0.05, 0.1) is 12.1 Å². The summed E-state index contributed by atoms with van der Waals surface area (Å²) in [7, 11) is 4.06. The van der Waals surface area contributed by atoms with E-state index in [1.165, 1.54) is 22.3 Å². The molecular weight excluding hydrogens is 244 g/mol. The molecule has 20 heavy (non-hydrogen) atoms. The van der Waals surface area contributed by atoms with Gasteiger partial charge in [0.15, 0.2) is 0 Å². The first-order valence-electron chi connectivity index (χ1n) is 7.14. The van der Waals surface area contributed by atoms with E-state index in [-0.39, 0.29) is 12.1 Å². The number of likely N-dealkylation sites (N-methyl/N-ethyl adjacent to an activating group) is 2. The molecule has 2 aromatic carbocycles. The van der Waals surface area contributed by atoms with Crippen LogP contribution in [0.15, 0.2) is 48.5 Å². The van der Waals surface area contributed by atoms with Crippen LogP contribution in [-0.4, -0.2) is 14.1 Å². The van der Waals surface area contributed by atoms with E-state index in [0.717, 1.165) is 0 Å². The van der Waals surface area contributed by atoms with Crippen molar-refractivity contribution in [3.8, 4) is 0 Å². The Bertz CT molecular complexity index is 511. The van der Waals surface area contributed by atoms with Crippen molar-refractivity contribution in [2.24, 2.45) is 0 Å². The molecule has 0 unspecified atom stereocenters. The summed E-state index contributed by atoms with van der Waals surface area (Å²) in [4.78, 5) is 0. The van der Waals surface area contributed by atoms with Crippen molar-refractivity contribution in [1.82, 2.24) is 10.6 Å². The number of aryl methyl sites for hydroxylation is 2. The van der Waals surface area contributed by atoms with Crippen molar-refractivity contribution in [3.63, 3.8) is 0 Å². The summed E-state index contributed by atoms with van der Waals surface area (Å²) < 4.78 is 0. The van der Waals surface area contributed by atoms with Gasteiger partial charge >= 0.3 is 0 Å². The summed E-state index contributed by atoms with van der Waals surface area (Å²) in [5.74, 6) is 0. The number of hydrogen-bond donors (Lipinski definition) is 2. The molecule has 106 valence electrons. The highest BCUT2D eigenvalue weighted by Gasteiger charge is 2.24. The lowest BCUT2D eigenvalue weighted by Gasteiger charge is -2.29. The second-order valence-electron chi connectivity index (χ2n) is 5.25. The van der Waals surface area contributed by atoms with Crippen molar-refractivity contribution in [3.05, 3.63) is 70.8 Å². The number of nitrogens with one attached hydrogen (secondary N) is 2. The molecule has 2 atom stereocenters. The molecule has 0 bridgehead atoms. The minimum Gasteiger partial charge on any atom is -0.311 e. The molecule has 0 aliphatic heterocycles. The highest BCUT2D eigenvalue weighted by atomic mass is 15.0. The average Bonchev–Trinajstić information content (AvgIpc) is 2.47. The van der Waals surface area contributed by atoms with Crippen LogP contribution in [0.3, 0.4) is 0 Å². The van der Waals surface area contributed by atoms with E-state index < -0.39 is 0 Å². The second-order valence-corrected chi connectivity index (χ2v) is 5.25. The summed E-state index contributed by atoms with van der Waals surface area (Å²) in [6.07, 6.45) is 0. The van der Waals surface area contributed by atoms with Gasteiger partial charge in [-0.25, -0.2) is 0 Å². The van der Waals surface area contributed by atoms with Gasteiger partial charge in [0.1, 0.15) is 0 Å². The molecule has 2 aromatic rings. The molecule has 2 N–H and O–H groups in total. The SMILES string of the molecule is CN[C@@H](c1ccccc1C)[C@@H](NC)c1ccccc1C. The monoisotopic (exact) mass is 268 g/mol. The van der Waals surface area contributed by atoms with Gasteiger partial charge in [-0.1, -0.05) is 48.5 Å². The highest BCUT2D eigenvalue weighted by Crippen LogP contribution is 2.31. The van der Waals surface area contributed by atoms with Crippen LogP contribution in [0, 0.1) is 13.8 Å². The maximum absolute atomic E-state index is 3.47. The first-order valence-corrected chi connectivity index (χ1v) is 7.14. The molecule has 0 aliphatic carbocycles. The lowest BCUT2D eigenvalue weighted by atomic mass is 9.89. The molecule has 0 saturated heterocycles. The maximum atomic E-state index is 3.47. The fourth-order valence-corrected chi connectivity index (χ4v) is 2.87. The van der Waals surface area contributed by atoms with E-state index in [2.05, 4.69) is 73.0 Å². The van der Waals surface area contributed by atoms with Gasteiger partial charge in [-0.3, -0.25) is 0 Å². The summed E-state index contributed by atoms with van der Waals surface area (Å²) in [6, 6.07) is 17.7. The Morgan fingerprint density at radius 2 is 1.00 bits per heavy atom. The van der Waals surface area contributed by atoms with Gasteiger partial charge in [0, 0.05) is 0 Å². The van der Waals surface area contributed by atoms with E-state index >= 15 is 0 Å². The number of hydrogen-bond acceptors (Lipinski definition) is 2. The summed E-state index contributed by atoms with van der Waals surface area (Å²) in [5.41, 5.74) is 5.33. The Labute approximate surface area is 122 Å². The number of rotatable bonds is 5. The zero-order chi connectivity index (χ0) is 14.5. The highest BCUT2D eigenvalue weighted by molar-refractivity contribution is 5.35. The predicted octanol–water partition coefficient (Wildman–Crippen LogP) is 3.52. The molecular formula is C18H24N2. The van der Waals surface area contributed by atoms with Crippen LogP contribution in [0.25, 0.3) is 0 Å². The van der Waals surface area contributed by atoms with Crippen molar-refractivity contribution in [2.75, 3.05) is 14.1 Å². The Hall–Kier alpha value is -1.64. The summed E-state index contributed by atoms with van der Waals surface area (Å²) >= 11 is 0. The topological polar surface area (TPSA) is 24.1 Å². The molecule has 0 heterocycles. The standard InChI is InChI=1S/C18H24N2/c1-13-9-5-7-11-15(13)17(19-3)18(20-4)16-12-8-6-10-14(16)2/h5-12,17-20H,1-4H3/t17-,18-/m0/s1. The van der Waals surface area contributed by atoms with Crippen molar-refractivity contribution in [1.29, 1.82) is 0 Å². The largest absolute Gasteiger partial charge is 0.311 e. The van der Waals surface area contributed by atoms with Crippen LogP contribution in [0.5, 0.6) is 0 Å². The lowest BCUT2D eigenvalue weighted by Crippen LogP contribution is -2.32. The van der Waals surface area contributed by atoms with Crippen LogP contribution in [-0.2, 0) is 0 Å². The van der Waals surface area contributed by atoms with Gasteiger partial charge in [0.25, 0.3) is 0 Å². The zero-order valence-corrected chi connectivity index (χ0v) is 12.8. The Morgan fingerprint density at radius 1 is 0.650 bits per heavy atom. The van der Waals surface area contributed by atoms with Crippen LogP contribution in [0.1, 0.15) is 34.3 Å². The summed E-state index contributed by atoms with van der Waals surface area (Å²) in [5, 5.41) is 6.95. The molecule has 2 rings (SSSR count). The third-order valence-electron chi connectivity index (χ3n) is 4.00. The zero-order valence-electron chi connectivity index (χ0n) is 12.8. The van der Waals surface area contributed by atoms with Gasteiger partial charge in [-0.15, -0.1) is 0 Å². The molecule has 2 heteroatoms. The normalized spacial score (nSPS) is 14.0. The van der Waals surface area contributed by atoms with E-state index in [9.17, 15) is 0 Å². The first kappa shape index (κ1) is 14.8. The van der Waals surface area contributed by atoms with Crippen molar-refractivity contribution >= 4 is 0 Å². The molecule has 2 nitrogen and oxygen atoms in total. The minimum atomic E-state index is 0.252. The second kappa shape index (κ2) is 6.69. The molecule has 0 aromatic heterocycles. The van der Waals surface area contributed by atoms with Gasteiger partial charge in [0.2, 0.25) is 0 Å². The molecule has 0 spiro atoms. The quantitative estimate of drug-likeness (QED) is 0.867. The minimum absolute atomic E-state index is 0.252. The first-order chi connectivity index (χ1) is 9.69. The van der Waals surface area contributed by atoms with Crippen LogP contribution >= 0.6 is 0 Å². The van der Waals surface area contributed by atoms with Crippen LogP contribution in [0.2, 0.25) is 0 Å². The Morgan fingerprint density at radius 3 is 1.30 bits per heavy atom. The molecule has 0 saturated carbocycles. The third-order valence-corrected chi connectivity index (χ3v) is 4.00. The van der Waals surface area contributed by atoms with Crippen molar-refractivity contribution in [2.45, 2.75) is 25.9 Å². The van der Waals surface area contributed by atoms with Crippen molar-refractivity contribution < 1.29 is 0 Å². The maximum Gasteiger partial charge on any atom is 0.0518 e. The fraction of sp³-hybridized carbons (Fsp3) is 0.333. The molecule has 0 radical (unpaired) electrons. The predicted molar refractivity (Wildman–Crippen MR) is 86.0 cm³/mol. The lowest BCUT2D eigenvalue weighted by molar-refractivity contribution is 0.429. The molecule has 0 amide bonds. The van der Waals surface area contributed by atoms with Gasteiger partial charge in [-0.05, 0) is 50.2 Å². The summed E-state index contributed by atoms with van der Waals surface area (Å²) in [6.45, 7) is 4.34. The Balaban J connectivity index is 2.44. The van der Waals surface area contributed by atoms with Crippen LogP contribution < -0.4 is 10.6 Å². The van der Waals surface area contributed by atoms with E-state index in [4.69, 9.17) is 0 Å². The van der Waals surface area contributed by atoms with E-state index in [0.29, 0.717) is 0 Å². The Kier molecular flexibility index (Phi) is 4.94. The van der Waals surface area contributed by atoms with E-state index in [1.54, 1.807) is 0 Å². The van der Waals surface area contributed by atoms with Gasteiger partial charge < -0.3 is 10.6 Å².